The number of amides is 3. The monoisotopic (exact) mass is 366 g/mol. The Bertz CT molecular complexity index is 606. The zero-order valence-electron chi connectivity index (χ0n) is 14.7. The quantitative estimate of drug-likeness (QED) is 0.252. The van der Waals surface area contributed by atoms with Crippen LogP contribution in [0.5, 0.6) is 0 Å². The van der Waals surface area contributed by atoms with Crippen molar-refractivity contribution in [1.82, 2.24) is 20.0 Å². The third-order valence-electron chi connectivity index (χ3n) is 4.43. The van der Waals surface area contributed by atoms with Crippen molar-refractivity contribution in [1.29, 1.82) is 5.41 Å². The summed E-state index contributed by atoms with van der Waals surface area (Å²) in [7, 11) is 0. The molecule has 144 valence electrons. The van der Waals surface area contributed by atoms with E-state index < -0.39 is 5.97 Å². The zero-order valence-corrected chi connectivity index (χ0v) is 14.7. The molecule has 2 heterocycles. The maximum atomic E-state index is 12.5. The summed E-state index contributed by atoms with van der Waals surface area (Å²) in [5.41, 5.74) is 6.62. The number of hydrogen-bond donors (Lipinski definition) is 4. The maximum absolute atomic E-state index is 12.5. The van der Waals surface area contributed by atoms with Gasteiger partial charge in [-0.2, -0.15) is 0 Å². The highest BCUT2D eigenvalue weighted by molar-refractivity contribution is 5.84. The Morgan fingerprint density at radius 2 is 2.04 bits per heavy atom. The van der Waals surface area contributed by atoms with Gasteiger partial charge in [-0.25, -0.2) is 4.79 Å². The second-order valence-electron chi connectivity index (χ2n) is 6.42. The summed E-state index contributed by atoms with van der Waals surface area (Å²) in [6.45, 7) is 2.97. The van der Waals surface area contributed by atoms with Crippen LogP contribution in [-0.4, -0.2) is 89.5 Å². The van der Waals surface area contributed by atoms with Crippen LogP contribution in [0.15, 0.2) is 11.6 Å². The number of hydrogen-bond acceptors (Lipinski definition) is 4. The van der Waals surface area contributed by atoms with E-state index in [0.717, 1.165) is 12.0 Å². The smallest absolute Gasteiger partial charge is 0.320 e. The fourth-order valence-electron chi connectivity index (χ4n) is 2.99. The van der Waals surface area contributed by atoms with E-state index in [1.165, 1.54) is 4.90 Å². The number of nitrogens with two attached hydrogens (primary N) is 1. The molecular weight excluding hydrogens is 340 g/mol. The topological polar surface area (TPSA) is 143 Å². The standard InChI is InChI=1S/C16H26N6O4/c17-15(18)21-9-4-12(10-21)3-8-20-6-1-7-22(16(20)26)11-13(23)19-5-2-14(24)25/h4H,1-3,5-11H2,(H3,17,18)(H,19,23)(H,24,25). The Morgan fingerprint density at radius 1 is 1.31 bits per heavy atom. The van der Waals surface area contributed by atoms with E-state index in [9.17, 15) is 14.4 Å². The molecular formula is C16H26N6O4. The lowest BCUT2D eigenvalue weighted by molar-refractivity contribution is -0.136. The van der Waals surface area contributed by atoms with E-state index in [-0.39, 0.29) is 37.4 Å². The van der Waals surface area contributed by atoms with Gasteiger partial charge in [-0.3, -0.25) is 15.0 Å². The SMILES string of the molecule is N=C(N)N1CC=C(CCN2CCCN(CC(=O)NCCC(=O)O)C2=O)C1. The predicted molar refractivity (Wildman–Crippen MR) is 94.6 cm³/mol. The summed E-state index contributed by atoms with van der Waals surface area (Å²) in [6, 6.07) is -0.174. The lowest BCUT2D eigenvalue weighted by Crippen LogP contribution is -2.52. The summed E-state index contributed by atoms with van der Waals surface area (Å²) in [5.74, 6) is -1.28. The number of nitrogens with zero attached hydrogens (tertiary/aromatic N) is 3. The van der Waals surface area contributed by atoms with Gasteiger partial charge in [0.1, 0.15) is 6.54 Å². The van der Waals surface area contributed by atoms with Crippen LogP contribution >= 0.6 is 0 Å². The minimum Gasteiger partial charge on any atom is -0.481 e. The normalized spacial score (nSPS) is 17.3. The molecule has 2 rings (SSSR count). The highest BCUT2D eigenvalue weighted by Crippen LogP contribution is 2.15. The van der Waals surface area contributed by atoms with Crippen molar-refractivity contribution < 1.29 is 19.5 Å². The molecule has 5 N–H and O–H groups in total. The van der Waals surface area contributed by atoms with E-state index in [0.29, 0.717) is 39.1 Å². The Hall–Kier alpha value is -2.78. The van der Waals surface area contributed by atoms with Crippen LogP contribution < -0.4 is 11.1 Å². The molecule has 0 bridgehead atoms. The first-order valence-electron chi connectivity index (χ1n) is 8.66. The molecule has 0 aliphatic carbocycles. The molecule has 2 aliphatic rings. The predicted octanol–water partition coefficient (Wildman–Crippen LogP) is -0.769. The maximum Gasteiger partial charge on any atom is 0.320 e. The Balaban J connectivity index is 1.75. The van der Waals surface area contributed by atoms with Crippen LogP contribution in [0, 0.1) is 5.41 Å². The molecule has 10 nitrogen and oxygen atoms in total. The largest absolute Gasteiger partial charge is 0.481 e. The van der Waals surface area contributed by atoms with Gasteiger partial charge in [0.2, 0.25) is 5.91 Å². The average Bonchev–Trinajstić information content (AvgIpc) is 3.04. The van der Waals surface area contributed by atoms with Crippen LogP contribution in [0.2, 0.25) is 0 Å². The molecule has 3 amide bonds. The van der Waals surface area contributed by atoms with Crippen LogP contribution in [0.4, 0.5) is 4.79 Å². The third-order valence-corrected chi connectivity index (χ3v) is 4.43. The minimum atomic E-state index is -0.977. The fourth-order valence-corrected chi connectivity index (χ4v) is 2.99. The van der Waals surface area contributed by atoms with E-state index in [4.69, 9.17) is 16.2 Å². The van der Waals surface area contributed by atoms with Gasteiger partial charge < -0.3 is 30.9 Å². The van der Waals surface area contributed by atoms with Gasteiger partial charge in [-0.1, -0.05) is 11.6 Å². The summed E-state index contributed by atoms with van der Waals surface area (Å²) in [6.07, 6.45) is 3.39. The number of aliphatic carboxylic acids is 1. The number of carbonyl (C=O) groups is 3. The number of carboxylic acid groups (broad SMARTS) is 1. The first kappa shape index (κ1) is 19.5. The van der Waals surface area contributed by atoms with Gasteiger partial charge in [0.25, 0.3) is 0 Å². The molecule has 0 saturated carbocycles. The van der Waals surface area contributed by atoms with Gasteiger partial charge in [-0.15, -0.1) is 0 Å². The van der Waals surface area contributed by atoms with Crippen molar-refractivity contribution in [3.05, 3.63) is 11.6 Å². The highest BCUT2D eigenvalue weighted by atomic mass is 16.4. The van der Waals surface area contributed by atoms with Crippen molar-refractivity contribution in [2.24, 2.45) is 5.73 Å². The molecule has 0 aromatic carbocycles. The average molecular weight is 366 g/mol. The van der Waals surface area contributed by atoms with Crippen LogP contribution in [-0.2, 0) is 9.59 Å². The van der Waals surface area contributed by atoms with E-state index in [1.807, 2.05) is 6.08 Å². The van der Waals surface area contributed by atoms with Gasteiger partial charge in [-0.05, 0) is 12.8 Å². The Kier molecular flexibility index (Phi) is 6.81. The number of guanidine groups is 1. The fraction of sp³-hybridized carbons (Fsp3) is 0.625. The van der Waals surface area contributed by atoms with Crippen molar-refractivity contribution >= 4 is 23.9 Å². The summed E-state index contributed by atoms with van der Waals surface area (Å²) in [5, 5.41) is 18.5. The van der Waals surface area contributed by atoms with Crippen molar-refractivity contribution in [3.8, 4) is 0 Å². The van der Waals surface area contributed by atoms with E-state index >= 15 is 0 Å². The molecule has 1 fully saturated rings. The van der Waals surface area contributed by atoms with E-state index in [2.05, 4.69) is 5.32 Å². The molecule has 10 heteroatoms. The molecule has 0 unspecified atom stereocenters. The zero-order chi connectivity index (χ0) is 19.1. The summed E-state index contributed by atoms with van der Waals surface area (Å²) in [4.78, 5) is 39.8. The van der Waals surface area contributed by atoms with E-state index in [1.54, 1.807) is 9.80 Å². The Labute approximate surface area is 152 Å². The third kappa shape index (κ3) is 5.64. The van der Waals surface area contributed by atoms with Crippen LogP contribution in [0.25, 0.3) is 0 Å². The summed E-state index contributed by atoms with van der Waals surface area (Å²) < 4.78 is 0. The first-order valence-corrected chi connectivity index (χ1v) is 8.66. The number of rotatable bonds is 8. The molecule has 26 heavy (non-hydrogen) atoms. The molecule has 2 aliphatic heterocycles. The number of carboxylic acids is 1. The molecule has 1 saturated heterocycles. The number of nitrogens with one attached hydrogen (secondary N) is 2. The molecule has 0 aromatic heterocycles. The van der Waals surface area contributed by atoms with Crippen LogP contribution in [0.1, 0.15) is 19.3 Å². The minimum absolute atomic E-state index is 0.0467. The van der Waals surface area contributed by atoms with Gasteiger partial charge in [0.15, 0.2) is 5.96 Å². The highest BCUT2D eigenvalue weighted by Gasteiger charge is 2.27. The molecule has 0 spiro atoms. The first-order chi connectivity index (χ1) is 12.4. The second-order valence-corrected chi connectivity index (χ2v) is 6.42. The van der Waals surface area contributed by atoms with Crippen molar-refractivity contribution in [3.63, 3.8) is 0 Å². The van der Waals surface area contributed by atoms with Gasteiger partial charge >= 0.3 is 12.0 Å². The number of urea groups is 1. The molecule has 0 aromatic rings. The number of carbonyl (C=O) groups excluding carboxylic acids is 2. The van der Waals surface area contributed by atoms with Gasteiger partial charge in [0, 0.05) is 39.3 Å². The van der Waals surface area contributed by atoms with Gasteiger partial charge in [0.05, 0.1) is 6.42 Å². The molecule has 0 radical (unpaired) electrons. The lowest BCUT2D eigenvalue weighted by Gasteiger charge is -2.35. The summed E-state index contributed by atoms with van der Waals surface area (Å²) >= 11 is 0. The molecule has 0 atom stereocenters. The van der Waals surface area contributed by atoms with Crippen molar-refractivity contribution in [2.45, 2.75) is 19.3 Å². The Morgan fingerprint density at radius 3 is 2.69 bits per heavy atom. The second kappa shape index (κ2) is 9.07. The lowest BCUT2D eigenvalue weighted by atomic mass is 10.2. The van der Waals surface area contributed by atoms with Crippen LogP contribution in [0.3, 0.4) is 0 Å². The van der Waals surface area contributed by atoms with Crippen molar-refractivity contribution in [2.75, 3.05) is 45.8 Å².